The second-order valence-corrected chi connectivity index (χ2v) is 7.40. The molecule has 0 bridgehead atoms. The Morgan fingerprint density at radius 3 is 2.61 bits per heavy atom. The van der Waals surface area contributed by atoms with Crippen molar-refractivity contribution in [1.82, 2.24) is 4.83 Å². The normalized spacial score (nSPS) is 11.6. The first kappa shape index (κ1) is 17.3. The Labute approximate surface area is 146 Å². The van der Waals surface area contributed by atoms with Gasteiger partial charge in [0.1, 0.15) is 0 Å². The largest absolute Gasteiger partial charge is 0.276 e. The molecule has 0 atom stereocenters. The van der Waals surface area contributed by atoms with Gasteiger partial charge in [-0.25, -0.2) is 4.83 Å². The van der Waals surface area contributed by atoms with E-state index in [0.29, 0.717) is 5.56 Å². The highest BCUT2D eigenvalue weighted by Gasteiger charge is 2.19. The maximum atomic E-state index is 12.1. The minimum absolute atomic E-state index is 0.213. The van der Waals surface area contributed by atoms with Crippen molar-refractivity contribution in [3.8, 4) is 0 Å². The Morgan fingerprint density at radius 2 is 1.96 bits per heavy atom. The van der Waals surface area contributed by atoms with Gasteiger partial charge in [-0.2, -0.15) is 13.5 Å². The summed E-state index contributed by atoms with van der Waals surface area (Å²) in [6.45, 7) is 1.54. The number of hydrogen-bond acceptors (Lipinski definition) is 5. The van der Waals surface area contributed by atoms with E-state index in [1.807, 2.05) is 12.1 Å². The summed E-state index contributed by atoms with van der Waals surface area (Å²) in [5.41, 5.74) is 0.886. The molecule has 0 amide bonds. The number of aryl methyl sites for hydroxylation is 1. The second kappa shape index (κ2) is 7.04. The molecule has 0 fully saturated rings. The Balaban J connectivity index is 2.24. The van der Waals surface area contributed by atoms with E-state index >= 15 is 0 Å². The second-order valence-electron chi connectivity index (χ2n) is 4.58. The molecule has 2 rings (SSSR count). The average molecular weight is 445 g/mol. The van der Waals surface area contributed by atoms with Crippen molar-refractivity contribution in [3.63, 3.8) is 0 Å². The van der Waals surface area contributed by atoms with E-state index in [-0.39, 0.29) is 10.6 Å². The number of nitrogens with one attached hydrogen (secondary N) is 1. The summed E-state index contributed by atoms with van der Waals surface area (Å²) in [6, 6.07) is 11.0. The van der Waals surface area contributed by atoms with Crippen LogP contribution in [0.2, 0.25) is 0 Å². The van der Waals surface area contributed by atoms with E-state index in [1.54, 1.807) is 12.1 Å². The molecule has 0 aliphatic carbocycles. The van der Waals surface area contributed by atoms with E-state index < -0.39 is 14.9 Å². The van der Waals surface area contributed by atoms with Crippen molar-refractivity contribution in [2.45, 2.75) is 11.8 Å². The van der Waals surface area contributed by atoms with Crippen molar-refractivity contribution >= 4 is 44.5 Å². The number of nitro groups is 1. The molecule has 2 aromatic rings. The van der Waals surface area contributed by atoms with Crippen LogP contribution in [0.3, 0.4) is 0 Å². The molecular weight excluding hydrogens is 433 g/mol. The molecule has 0 unspecified atom stereocenters. The highest BCUT2D eigenvalue weighted by atomic mass is 127. The lowest BCUT2D eigenvalue weighted by Crippen LogP contribution is -2.18. The number of benzene rings is 2. The molecule has 9 heteroatoms. The fourth-order valence-corrected chi connectivity index (χ4v) is 3.09. The van der Waals surface area contributed by atoms with Gasteiger partial charge in [0.05, 0.1) is 16.0 Å². The number of sulfonamides is 1. The summed E-state index contributed by atoms with van der Waals surface area (Å²) in [5.74, 6) is 0. The Morgan fingerprint density at radius 1 is 1.26 bits per heavy atom. The maximum Gasteiger partial charge on any atom is 0.276 e. The van der Waals surface area contributed by atoms with Crippen molar-refractivity contribution < 1.29 is 13.3 Å². The molecule has 1 N–H and O–H groups in total. The van der Waals surface area contributed by atoms with Gasteiger partial charge in [0.15, 0.2) is 0 Å². The van der Waals surface area contributed by atoms with Gasteiger partial charge in [-0.3, -0.25) is 10.1 Å². The number of rotatable bonds is 5. The molecule has 0 heterocycles. The van der Waals surface area contributed by atoms with Crippen molar-refractivity contribution in [2.24, 2.45) is 5.10 Å². The fraction of sp³-hybridized carbons (Fsp3) is 0.0714. The number of nitrogens with zero attached hydrogens (tertiary/aromatic N) is 2. The zero-order chi connectivity index (χ0) is 17.0. The Hall–Kier alpha value is -2.01. The lowest BCUT2D eigenvalue weighted by molar-refractivity contribution is -0.385. The average Bonchev–Trinajstić information content (AvgIpc) is 2.49. The molecular formula is C14H12IN3O4S. The predicted molar refractivity (Wildman–Crippen MR) is 94.9 cm³/mol. The van der Waals surface area contributed by atoms with Crippen LogP contribution in [0.15, 0.2) is 52.5 Å². The van der Waals surface area contributed by atoms with E-state index in [1.165, 1.54) is 25.3 Å². The zero-order valence-corrected chi connectivity index (χ0v) is 14.9. The lowest BCUT2D eigenvalue weighted by atomic mass is 10.2. The minimum atomic E-state index is -3.97. The molecule has 0 radical (unpaired) electrons. The molecule has 120 valence electrons. The molecule has 0 aliphatic rings. The van der Waals surface area contributed by atoms with E-state index in [0.717, 1.165) is 15.2 Å². The summed E-state index contributed by atoms with van der Waals surface area (Å²) in [5, 5.41) is 14.6. The van der Waals surface area contributed by atoms with Crippen molar-refractivity contribution in [1.29, 1.82) is 0 Å². The van der Waals surface area contributed by atoms with Crippen LogP contribution in [0.1, 0.15) is 11.1 Å². The number of hydrogen-bond donors (Lipinski definition) is 1. The van der Waals surface area contributed by atoms with Crippen LogP contribution in [0.4, 0.5) is 5.69 Å². The summed E-state index contributed by atoms with van der Waals surface area (Å²) in [7, 11) is -3.97. The third kappa shape index (κ3) is 4.26. The predicted octanol–water partition coefficient (Wildman–Crippen LogP) is 2.82. The smallest absolute Gasteiger partial charge is 0.258 e. The topological polar surface area (TPSA) is 102 Å². The molecule has 0 saturated heterocycles. The van der Waals surface area contributed by atoms with Crippen LogP contribution in [0, 0.1) is 20.6 Å². The standard InChI is InChI=1S/C14H12IN3O4S/c1-10-6-7-12(8-14(10)18(19)20)23(21,22)17-16-9-11-4-2-3-5-13(11)15/h2-9,17H,1H3/b16-9+. The highest BCUT2D eigenvalue weighted by molar-refractivity contribution is 14.1. The lowest BCUT2D eigenvalue weighted by Gasteiger charge is -2.04. The monoisotopic (exact) mass is 445 g/mol. The van der Waals surface area contributed by atoms with Crippen molar-refractivity contribution in [2.75, 3.05) is 0 Å². The first-order valence-electron chi connectivity index (χ1n) is 6.36. The van der Waals surface area contributed by atoms with Crippen molar-refractivity contribution in [3.05, 3.63) is 67.3 Å². The van der Waals surface area contributed by atoms with E-state index in [9.17, 15) is 18.5 Å². The van der Waals surface area contributed by atoms with Gasteiger partial charge in [-0.05, 0) is 41.6 Å². The highest BCUT2D eigenvalue weighted by Crippen LogP contribution is 2.22. The Bertz CT molecular complexity index is 881. The van der Waals surface area contributed by atoms with E-state index in [4.69, 9.17) is 0 Å². The summed E-state index contributed by atoms with van der Waals surface area (Å²) in [4.78, 5) is 12.1. The Kier molecular flexibility index (Phi) is 5.31. The van der Waals surface area contributed by atoms with Crippen LogP contribution in [0.5, 0.6) is 0 Å². The van der Waals surface area contributed by atoms with Gasteiger partial charge in [0.25, 0.3) is 15.7 Å². The molecule has 2 aromatic carbocycles. The summed E-state index contributed by atoms with van der Waals surface area (Å²) in [6.07, 6.45) is 1.38. The first-order chi connectivity index (χ1) is 10.8. The number of hydrazone groups is 1. The third-order valence-electron chi connectivity index (χ3n) is 2.97. The first-order valence-corrected chi connectivity index (χ1v) is 8.92. The minimum Gasteiger partial charge on any atom is -0.258 e. The van der Waals surface area contributed by atoms with Crippen LogP contribution < -0.4 is 4.83 Å². The van der Waals surface area contributed by atoms with E-state index in [2.05, 4.69) is 32.5 Å². The maximum absolute atomic E-state index is 12.1. The van der Waals surface area contributed by atoms with Crippen LogP contribution in [0.25, 0.3) is 0 Å². The number of nitro benzene ring substituents is 1. The van der Waals surface area contributed by atoms with Crippen LogP contribution in [-0.4, -0.2) is 19.6 Å². The molecule has 23 heavy (non-hydrogen) atoms. The molecule has 0 saturated carbocycles. The summed E-state index contributed by atoms with van der Waals surface area (Å²) >= 11 is 2.10. The molecule has 7 nitrogen and oxygen atoms in total. The van der Waals surface area contributed by atoms with Crippen LogP contribution >= 0.6 is 22.6 Å². The van der Waals surface area contributed by atoms with Gasteiger partial charge in [0, 0.05) is 20.8 Å². The van der Waals surface area contributed by atoms with Gasteiger partial charge in [-0.15, -0.1) is 0 Å². The van der Waals surface area contributed by atoms with Gasteiger partial charge < -0.3 is 0 Å². The SMILES string of the molecule is Cc1ccc(S(=O)(=O)N/N=C/c2ccccc2I)cc1[N+](=O)[O-]. The molecule has 0 spiro atoms. The van der Waals surface area contributed by atoms with Crippen LogP contribution in [-0.2, 0) is 10.0 Å². The quantitative estimate of drug-likeness (QED) is 0.331. The third-order valence-corrected chi connectivity index (χ3v) is 5.17. The molecule has 0 aliphatic heterocycles. The molecule has 0 aromatic heterocycles. The fourth-order valence-electron chi connectivity index (χ4n) is 1.75. The number of halogens is 1. The van der Waals surface area contributed by atoms with Gasteiger partial charge in [-0.1, -0.05) is 24.3 Å². The van der Waals surface area contributed by atoms with Gasteiger partial charge >= 0.3 is 0 Å². The zero-order valence-electron chi connectivity index (χ0n) is 11.9. The van der Waals surface area contributed by atoms with Gasteiger partial charge in [0.2, 0.25) is 0 Å². The summed E-state index contributed by atoms with van der Waals surface area (Å²) < 4.78 is 25.2.